The molecule has 1 aromatic heterocycles. The van der Waals surface area contributed by atoms with Crippen LogP contribution in [0.5, 0.6) is 0 Å². The summed E-state index contributed by atoms with van der Waals surface area (Å²) in [5.41, 5.74) is 9.30. The first-order valence-corrected chi connectivity index (χ1v) is 18.2. The largest absolute Gasteiger partial charge is 0.456 e. The van der Waals surface area contributed by atoms with E-state index in [9.17, 15) is 0 Å². The Morgan fingerprint density at radius 3 is 1.98 bits per heavy atom. The molecule has 52 heavy (non-hydrogen) atoms. The van der Waals surface area contributed by atoms with Crippen molar-refractivity contribution in [2.24, 2.45) is 11.8 Å². The summed E-state index contributed by atoms with van der Waals surface area (Å²) < 4.78 is 6.39. The molecule has 9 aromatic rings. The fourth-order valence-corrected chi connectivity index (χ4v) is 8.77. The van der Waals surface area contributed by atoms with Crippen molar-refractivity contribution in [2.75, 3.05) is 0 Å². The van der Waals surface area contributed by atoms with E-state index in [0.717, 1.165) is 16.6 Å². The molecule has 1 heterocycles. The van der Waals surface area contributed by atoms with Crippen LogP contribution in [0.1, 0.15) is 12.5 Å². The highest BCUT2D eigenvalue weighted by Crippen LogP contribution is 2.48. The van der Waals surface area contributed by atoms with Crippen LogP contribution in [0.4, 0.5) is 0 Å². The highest BCUT2D eigenvalue weighted by molar-refractivity contribution is 6.23. The van der Waals surface area contributed by atoms with Crippen LogP contribution in [0.2, 0.25) is 0 Å². The van der Waals surface area contributed by atoms with Crippen LogP contribution in [-0.2, 0) is 0 Å². The molecule has 0 bridgehead atoms. The molecular weight excluding hydrogens is 629 g/mol. The van der Waals surface area contributed by atoms with Gasteiger partial charge in [-0.2, -0.15) is 0 Å². The summed E-state index contributed by atoms with van der Waals surface area (Å²) in [6.07, 6.45) is 13.4. The number of furan rings is 1. The standard InChI is InChI=1S/C51H36O/c1-3-13-37-32(4-2)16-11-22-40(37)49-42-20-9-10-21-43(42)50(41-23-12-17-33-14-5-7-18-38(33)41)45-30-35(24-27-44(45)49)36-26-28-47-46(31-36)51-39-19-8-6-15-34(39)25-29-48(51)52-47/h3-32,37H,2H2,1H3/b13-3-/t32-,37?/m0/s1. The molecule has 246 valence electrons. The van der Waals surface area contributed by atoms with Gasteiger partial charge in [0.2, 0.25) is 0 Å². The molecule has 0 saturated heterocycles. The van der Waals surface area contributed by atoms with Gasteiger partial charge in [0.15, 0.2) is 0 Å². The van der Waals surface area contributed by atoms with Crippen molar-refractivity contribution >= 4 is 70.6 Å². The first-order valence-electron chi connectivity index (χ1n) is 18.2. The molecule has 1 heteroatoms. The first-order chi connectivity index (χ1) is 25.7. The fourth-order valence-electron chi connectivity index (χ4n) is 8.77. The Morgan fingerprint density at radius 2 is 1.19 bits per heavy atom. The molecule has 1 nitrogen and oxygen atoms in total. The minimum atomic E-state index is 0.189. The number of allylic oxidation sites excluding steroid dienone is 7. The van der Waals surface area contributed by atoms with Crippen molar-refractivity contribution in [2.45, 2.75) is 6.92 Å². The molecular formula is C51H36O. The van der Waals surface area contributed by atoms with Crippen LogP contribution in [0, 0.1) is 11.8 Å². The van der Waals surface area contributed by atoms with Gasteiger partial charge in [-0.05, 0) is 108 Å². The predicted molar refractivity (Wildman–Crippen MR) is 224 cm³/mol. The Hall–Kier alpha value is -6.44. The topological polar surface area (TPSA) is 13.1 Å². The second-order valence-electron chi connectivity index (χ2n) is 13.9. The highest BCUT2D eigenvalue weighted by atomic mass is 16.3. The van der Waals surface area contributed by atoms with E-state index < -0.39 is 0 Å². The number of benzene rings is 8. The summed E-state index contributed by atoms with van der Waals surface area (Å²) in [5.74, 6) is 0.406. The summed E-state index contributed by atoms with van der Waals surface area (Å²) in [6, 6.07) is 51.1. The zero-order chi connectivity index (χ0) is 34.8. The van der Waals surface area contributed by atoms with E-state index in [1.54, 1.807) is 0 Å². The SMILES string of the molecule is C=C[C@H]1C=CC=C(c2c3ccccc3c(-c3cccc4ccccc34)c3cc(-c4ccc5oc6ccc7ccccc7c6c5c4)ccc23)C1/C=C\C. The Morgan fingerprint density at radius 1 is 0.558 bits per heavy atom. The smallest absolute Gasteiger partial charge is 0.136 e. The third-order valence-electron chi connectivity index (χ3n) is 11.1. The van der Waals surface area contributed by atoms with Gasteiger partial charge in [0.25, 0.3) is 0 Å². The summed E-state index contributed by atoms with van der Waals surface area (Å²) >= 11 is 0. The van der Waals surface area contributed by atoms with Crippen LogP contribution >= 0.6 is 0 Å². The molecule has 0 saturated carbocycles. The molecule has 0 aliphatic heterocycles. The normalized spacial score (nSPS) is 16.2. The average molecular weight is 665 g/mol. The van der Waals surface area contributed by atoms with Crippen molar-refractivity contribution in [1.82, 2.24) is 0 Å². The molecule has 1 aliphatic carbocycles. The van der Waals surface area contributed by atoms with Gasteiger partial charge in [0.05, 0.1) is 0 Å². The van der Waals surface area contributed by atoms with Crippen LogP contribution in [-0.4, -0.2) is 0 Å². The van der Waals surface area contributed by atoms with Crippen molar-refractivity contribution in [1.29, 1.82) is 0 Å². The Labute approximate surface area is 303 Å². The lowest BCUT2D eigenvalue weighted by Crippen LogP contribution is -2.13. The Balaban J connectivity index is 1.30. The molecule has 2 atom stereocenters. The number of fused-ring (bicyclic) bond motifs is 8. The van der Waals surface area contributed by atoms with Gasteiger partial charge in [-0.1, -0.05) is 152 Å². The Kier molecular flexibility index (Phi) is 7.08. The van der Waals surface area contributed by atoms with Gasteiger partial charge >= 0.3 is 0 Å². The molecule has 0 spiro atoms. The zero-order valence-corrected chi connectivity index (χ0v) is 29.0. The maximum absolute atomic E-state index is 6.39. The summed E-state index contributed by atoms with van der Waals surface area (Å²) in [6.45, 7) is 6.35. The van der Waals surface area contributed by atoms with E-state index >= 15 is 0 Å². The van der Waals surface area contributed by atoms with E-state index in [1.807, 2.05) is 0 Å². The summed E-state index contributed by atoms with van der Waals surface area (Å²) in [4.78, 5) is 0. The summed E-state index contributed by atoms with van der Waals surface area (Å²) in [7, 11) is 0. The maximum Gasteiger partial charge on any atom is 0.136 e. The lowest BCUT2D eigenvalue weighted by molar-refractivity contribution is 0.669. The maximum atomic E-state index is 6.39. The number of rotatable bonds is 5. The molecule has 0 radical (unpaired) electrons. The van der Waals surface area contributed by atoms with Crippen molar-refractivity contribution in [3.8, 4) is 22.3 Å². The van der Waals surface area contributed by atoms with Gasteiger partial charge in [0, 0.05) is 22.6 Å². The van der Waals surface area contributed by atoms with Crippen LogP contribution in [0.3, 0.4) is 0 Å². The van der Waals surface area contributed by atoms with E-state index in [1.165, 1.54) is 81.9 Å². The van der Waals surface area contributed by atoms with Gasteiger partial charge in [-0.15, -0.1) is 6.58 Å². The lowest BCUT2D eigenvalue weighted by Gasteiger charge is -2.28. The first kappa shape index (κ1) is 30.4. The quantitative estimate of drug-likeness (QED) is 0.132. The lowest BCUT2D eigenvalue weighted by atomic mass is 9.75. The predicted octanol–water partition coefficient (Wildman–Crippen LogP) is 14.5. The average Bonchev–Trinajstić information content (AvgIpc) is 3.58. The number of hydrogen-bond donors (Lipinski definition) is 0. The van der Waals surface area contributed by atoms with E-state index in [-0.39, 0.29) is 11.8 Å². The molecule has 1 unspecified atom stereocenters. The van der Waals surface area contributed by atoms with Gasteiger partial charge in [-0.25, -0.2) is 0 Å². The monoisotopic (exact) mass is 664 g/mol. The minimum Gasteiger partial charge on any atom is -0.456 e. The van der Waals surface area contributed by atoms with E-state index in [4.69, 9.17) is 4.42 Å². The van der Waals surface area contributed by atoms with Crippen molar-refractivity contribution < 1.29 is 4.42 Å². The van der Waals surface area contributed by atoms with Gasteiger partial charge in [0.1, 0.15) is 11.2 Å². The minimum absolute atomic E-state index is 0.189. The van der Waals surface area contributed by atoms with Crippen molar-refractivity contribution in [3.05, 3.63) is 188 Å². The van der Waals surface area contributed by atoms with Crippen LogP contribution < -0.4 is 0 Å². The molecule has 0 fully saturated rings. The second-order valence-corrected chi connectivity index (χ2v) is 13.9. The zero-order valence-electron chi connectivity index (χ0n) is 29.0. The highest BCUT2D eigenvalue weighted by Gasteiger charge is 2.27. The number of hydrogen-bond acceptors (Lipinski definition) is 1. The fraction of sp³-hybridized carbons (Fsp3) is 0.0588. The van der Waals surface area contributed by atoms with Crippen LogP contribution in [0.15, 0.2) is 187 Å². The molecule has 0 N–H and O–H groups in total. The van der Waals surface area contributed by atoms with Gasteiger partial charge < -0.3 is 4.42 Å². The molecule has 8 aromatic carbocycles. The molecule has 1 aliphatic rings. The molecule has 10 rings (SSSR count). The summed E-state index contributed by atoms with van der Waals surface area (Å²) in [5, 5.41) is 12.3. The van der Waals surface area contributed by atoms with Gasteiger partial charge in [-0.3, -0.25) is 0 Å². The van der Waals surface area contributed by atoms with E-state index in [0.29, 0.717) is 0 Å². The third kappa shape index (κ3) is 4.63. The third-order valence-corrected chi connectivity index (χ3v) is 11.1. The van der Waals surface area contributed by atoms with E-state index in [2.05, 4.69) is 189 Å². The molecule has 0 amide bonds. The van der Waals surface area contributed by atoms with Crippen LogP contribution in [0.25, 0.3) is 92.9 Å². The second kappa shape index (κ2) is 12.1. The Bertz CT molecular complexity index is 3000. The van der Waals surface area contributed by atoms with Crippen molar-refractivity contribution in [3.63, 3.8) is 0 Å².